The van der Waals surface area contributed by atoms with E-state index in [1.807, 2.05) is 58.9 Å². The van der Waals surface area contributed by atoms with Crippen molar-refractivity contribution in [3.8, 4) is 5.75 Å². The fraction of sp³-hybridized carbons (Fsp3) is 0.333. The lowest BCUT2D eigenvalue weighted by Gasteiger charge is -2.17. The number of nitrogens with zero attached hydrogens (tertiary/aromatic N) is 1. The largest absolute Gasteiger partial charge is 0.506 e. The van der Waals surface area contributed by atoms with E-state index in [-0.39, 0.29) is 24.1 Å². The number of thioether (sulfide) groups is 1. The molecule has 1 amide bonds. The first-order chi connectivity index (χ1) is 16.4. The van der Waals surface area contributed by atoms with Gasteiger partial charge in [0.05, 0.1) is 23.8 Å². The number of aromatic nitrogens is 1. The molecule has 3 N–H and O–H groups in total. The van der Waals surface area contributed by atoms with Gasteiger partial charge in [0.1, 0.15) is 5.75 Å². The van der Waals surface area contributed by atoms with Gasteiger partial charge < -0.3 is 15.7 Å². The molecule has 0 aliphatic heterocycles. The number of phenols is 1. The second-order valence-electron chi connectivity index (χ2n) is 6.80. The summed E-state index contributed by atoms with van der Waals surface area (Å²) in [5, 5.41) is 17.0. The molecule has 0 aliphatic carbocycles. The Labute approximate surface area is 213 Å². The van der Waals surface area contributed by atoms with Crippen molar-refractivity contribution in [3.63, 3.8) is 0 Å². The van der Waals surface area contributed by atoms with Gasteiger partial charge in [0.2, 0.25) is 5.91 Å². The van der Waals surface area contributed by atoms with Crippen molar-refractivity contribution in [2.24, 2.45) is 0 Å². The molecule has 1 unspecified atom stereocenters. The van der Waals surface area contributed by atoms with Crippen LogP contribution in [0.5, 0.6) is 5.75 Å². The van der Waals surface area contributed by atoms with Crippen LogP contribution in [0.15, 0.2) is 65.7 Å². The number of hydrogen-bond donors (Lipinski definition) is 3. The van der Waals surface area contributed by atoms with Crippen LogP contribution in [-0.4, -0.2) is 21.8 Å². The van der Waals surface area contributed by atoms with Crippen molar-refractivity contribution in [1.29, 1.82) is 0 Å². The summed E-state index contributed by atoms with van der Waals surface area (Å²) >= 11 is 7.78. The predicted molar refractivity (Wildman–Crippen MR) is 147 cm³/mol. The van der Waals surface area contributed by atoms with Crippen LogP contribution in [0.2, 0.25) is 5.02 Å². The number of halogens is 1. The average molecular weight is 502 g/mol. The fourth-order valence-corrected chi connectivity index (χ4v) is 3.79. The van der Waals surface area contributed by atoms with Gasteiger partial charge in [-0.1, -0.05) is 58.4 Å². The number of hydrogen-bond acceptors (Lipinski definition) is 5. The van der Waals surface area contributed by atoms with Crippen molar-refractivity contribution < 1.29 is 9.90 Å². The topological polar surface area (TPSA) is 74.2 Å². The zero-order valence-electron chi connectivity index (χ0n) is 20.9. The lowest BCUT2D eigenvalue weighted by molar-refractivity contribution is -0.115. The van der Waals surface area contributed by atoms with E-state index < -0.39 is 0 Å². The zero-order valence-corrected chi connectivity index (χ0v) is 22.4. The monoisotopic (exact) mass is 501 g/mol. The van der Waals surface area contributed by atoms with Crippen molar-refractivity contribution in [3.05, 3.63) is 77.1 Å². The van der Waals surface area contributed by atoms with Crippen LogP contribution in [0.4, 0.5) is 11.4 Å². The SMILES string of the molecule is CC.CC.CCSc1ccc(CC(=O)Nc2ccc(NC(C)c3cc(Cl)ccn3)c(O)c2)cc1. The number of anilines is 2. The molecule has 0 saturated carbocycles. The Morgan fingerprint density at radius 1 is 1.06 bits per heavy atom. The highest BCUT2D eigenvalue weighted by Crippen LogP contribution is 2.30. The third kappa shape index (κ3) is 9.65. The molecule has 1 aromatic heterocycles. The van der Waals surface area contributed by atoms with E-state index in [2.05, 4.69) is 22.5 Å². The van der Waals surface area contributed by atoms with Crippen LogP contribution in [0.3, 0.4) is 0 Å². The standard InChI is InChI=1S/C23H24ClN3O2S.2C2H6/c1-3-30-19-7-4-16(5-8-19)12-23(29)27-18-6-9-20(22(28)14-18)26-15(2)21-13-17(24)10-11-25-21;2*1-2/h4-11,13-15,26,28H,3,12H2,1-2H3,(H,27,29);2*1-2H3. The molecule has 34 heavy (non-hydrogen) atoms. The number of rotatable bonds is 8. The fourth-order valence-electron chi connectivity index (χ4n) is 2.96. The molecule has 1 heterocycles. The first-order valence-electron chi connectivity index (χ1n) is 11.7. The second kappa shape index (κ2) is 16.0. The van der Waals surface area contributed by atoms with Gasteiger partial charge in [0.25, 0.3) is 0 Å². The normalized spacial score (nSPS) is 10.7. The third-order valence-corrected chi connectivity index (χ3v) is 5.57. The molecule has 184 valence electrons. The third-order valence-electron chi connectivity index (χ3n) is 4.44. The summed E-state index contributed by atoms with van der Waals surface area (Å²) in [4.78, 5) is 17.8. The Morgan fingerprint density at radius 2 is 1.74 bits per heavy atom. The quantitative estimate of drug-likeness (QED) is 0.215. The van der Waals surface area contributed by atoms with Gasteiger partial charge in [0.15, 0.2) is 0 Å². The molecule has 0 aliphatic rings. The number of nitrogens with one attached hydrogen (secondary N) is 2. The Bertz CT molecular complexity index is 1010. The van der Waals surface area contributed by atoms with E-state index in [1.165, 1.54) is 11.0 Å². The van der Waals surface area contributed by atoms with E-state index in [0.29, 0.717) is 16.4 Å². The summed E-state index contributed by atoms with van der Waals surface area (Å²) in [5.74, 6) is 0.924. The van der Waals surface area contributed by atoms with Gasteiger partial charge in [-0.15, -0.1) is 11.8 Å². The molecule has 0 saturated heterocycles. The van der Waals surface area contributed by atoms with E-state index in [9.17, 15) is 9.90 Å². The number of aromatic hydroxyl groups is 1. The minimum Gasteiger partial charge on any atom is -0.506 e. The smallest absolute Gasteiger partial charge is 0.228 e. The summed E-state index contributed by atoms with van der Waals surface area (Å²) in [6, 6.07) is 16.3. The van der Waals surface area contributed by atoms with E-state index >= 15 is 0 Å². The molecule has 3 aromatic rings. The lowest BCUT2D eigenvalue weighted by Crippen LogP contribution is -2.14. The molecule has 0 radical (unpaired) electrons. The maximum absolute atomic E-state index is 12.3. The van der Waals surface area contributed by atoms with E-state index in [4.69, 9.17) is 11.6 Å². The van der Waals surface area contributed by atoms with Crippen molar-refractivity contribution in [1.82, 2.24) is 4.98 Å². The summed E-state index contributed by atoms with van der Waals surface area (Å²) in [5.41, 5.74) is 2.79. The van der Waals surface area contributed by atoms with Crippen LogP contribution in [0.1, 0.15) is 58.8 Å². The highest BCUT2D eigenvalue weighted by molar-refractivity contribution is 7.99. The zero-order chi connectivity index (χ0) is 25.5. The molecule has 0 bridgehead atoms. The number of pyridine rings is 1. The van der Waals surface area contributed by atoms with Crippen molar-refractivity contribution in [2.45, 2.75) is 58.9 Å². The van der Waals surface area contributed by atoms with Gasteiger partial charge in [-0.2, -0.15) is 0 Å². The van der Waals surface area contributed by atoms with Crippen LogP contribution >= 0.6 is 23.4 Å². The number of carbonyl (C=O) groups excluding carboxylic acids is 1. The van der Waals surface area contributed by atoms with Crippen molar-refractivity contribution in [2.75, 3.05) is 16.4 Å². The molecule has 3 rings (SSSR count). The van der Waals surface area contributed by atoms with Crippen LogP contribution in [0.25, 0.3) is 0 Å². The van der Waals surface area contributed by atoms with Gasteiger partial charge in [0, 0.05) is 27.9 Å². The summed E-state index contributed by atoms with van der Waals surface area (Å²) in [6.45, 7) is 12.0. The molecule has 2 aromatic carbocycles. The number of phenolic OH excluding ortho intramolecular Hbond substituents is 1. The second-order valence-corrected chi connectivity index (χ2v) is 8.57. The number of carbonyl (C=O) groups is 1. The minimum absolute atomic E-state index is 0.0441. The molecule has 0 spiro atoms. The van der Waals surface area contributed by atoms with E-state index in [0.717, 1.165) is 17.0 Å². The molecular formula is C27H36ClN3O2S. The highest BCUT2D eigenvalue weighted by atomic mass is 35.5. The van der Waals surface area contributed by atoms with Gasteiger partial charge in [-0.05, 0) is 54.6 Å². The van der Waals surface area contributed by atoms with Crippen LogP contribution in [0, 0.1) is 0 Å². The Morgan fingerprint density at radius 3 is 2.32 bits per heavy atom. The number of amides is 1. The minimum atomic E-state index is -0.149. The molecule has 7 heteroatoms. The van der Waals surface area contributed by atoms with E-state index in [1.54, 1.807) is 42.2 Å². The Kier molecular flexibility index (Phi) is 13.8. The maximum Gasteiger partial charge on any atom is 0.228 e. The average Bonchev–Trinajstić information content (AvgIpc) is 2.85. The van der Waals surface area contributed by atoms with Gasteiger partial charge in [-0.3, -0.25) is 9.78 Å². The van der Waals surface area contributed by atoms with Gasteiger partial charge >= 0.3 is 0 Å². The molecule has 0 fully saturated rings. The van der Waals surface area contributed by atoms with Crippen molar-refractivity contribution >= 4 is 40.6 Å². The van der Waals surface area contributed by atoms with Crippen LogP contribution in [-0.2, 0) is 11.2 Å². The lowest BCUT2D eigenvalue weighted by atomic mass is 10.1. The van der Waals surface area contributed by atoms with Gasteiger partial charge in [-0.25, -0.2) is 0 Å². The van der Waals surface area contributed by atoms with Crippen LogP contribution < -0.4 is 10.6 Å². The summed E-state index contributed by atoms with van der Waals surface area (Å²) < 4.78 is 0. The summed E-state index contributed by atoms with van der Waals surface area (Å²) in [7, 11) is 0. The Hall–Kier alpha value is -2.70. The first kappa shape index (κ1) is 29.3. The highest BCUT2D eigenvalue weighted by Gasteiger charge is 2.12. The molecule has 1 atom stereocenters. The molecule has 5 nitrogen and oxygen atoms in total. The Balaban J connectivity index is 0.00000137. The number of benzene rings is 2. The summed E-state index contributed by atoms with van der Waals surface area (Å²) in [6.07, 6.45) is 1.92. The predicted octanol–water partition coefficient (Wildman–Crippen LogP) is 7.96. The maximum atomic E-state index is 12.3. The molecular weight excluding hydrogens is 466 g/mol. The first-order valence-corrected chi connectivity index (χ1v) is 13.0.